The van der Waals surface area contributed by atoms with E-state index in [-0.39, 0.29) is 0 Å². The Hall–Kier alpha value is 1.08. The highest BCUT2D eigenvalue weighted by molar-refractivity contribution is 8.16. The van der Waals surface area contributed by atoms with E-state index in [1.807, 2.05) is 128 Å². The van der Waals surface area contributed by atoms with Gasteiger partial charge in [0.2, 0.25) is 0 Å². The van der Waals surface area contributed by atoms with Gasteiger partial charge in [-0.25, -0.2) is 0 Å². The van der Waals surface area contributed by atoms with Gasteiger partial charge in [-0.1, -0.05) is 257 Å². The largest absolute Gasteiger partial charge is 0.0533 e. The molecule has 0 bridgehead atoms. The van der Waals surface area contributed by atoms with E-state index in [2.05, 4.69) is 0 Å². The highest BCUT2D eigenvalue weighted by atomic mass is 30.2. The summed E-state index contributed by atoms with van der Waals surface area (Å²) in [5, 5.41) is 0. The zero-order chi connectivity index (χ0) is 36.6. The fourth-order valence-electron chi connectivity index (χ4n) is 23.9. The van der Waals surface area contributed by atoms with Gasteiger partial charge in [-0.2, -0.15) is 0 Å². The molecule has 1 heterocycles. The van der Waals surface area contributed by atoms with E-state index in [4.69, 9.17) is 0 Å². The van der Waals surface area contributed by atoms with Gasteiger partial charge in [-0.3, -0.25) is 0 Å². The molecule has 0 amide bonds. The maximum Gasteiger partial charge on any atom is 0.0448 e. The first-order chi connectivity index (χ1) is 27.3. The normalized spacial score (nSPS) is 36.0. The highest BCUT2D eigenvalue weighted by Gasteiger charge is 2.98. The van der Waals surface area contributed by atoms with Crippen molar-refractivity contribution in [3.8, 4) is 0 Å². The van der Waals surface area contributed by atoms with Crippen LogP contribution in [0.5, 0.6) is 0 Å². The van der Waals surface area contributed by atoms with Gasteiger partial charge >= 0.3 is 0 Å². The van der Waals surface area contributed by atoms with Crippen molar-refractivity contribution >= 4 is 35.5 Å². The standard InChI is InChI=1S/C50H90Si5/c1-2-22-41(21-1)51(42-23-3-4-24-42)52(43-25-5-6-26-43,44-27-7-8-28-44)54(47-33-13-14-34-47,48-35-15-16-36-48)55(49-37-17-18-38-49,50-39-19-20-40-50)53(51,45-29-9-10-30-45)46-31-11-12-32-46/h41-50H,1-40H2. The van der Waals surface area contributed by atoms with Crippen LogP contribution in [0.3, 0.4) is 0 Å². The Bertz CT molecular complexity index is 951. The summed E-state index contributed by atoms with van der Waals surface area (Å²) in [6.45, 7) is 0. The zero-order valence-corrected chi connectivity index (χ0v) is 41.6. The third kappa shape index (κ3) is 5.01. The average molecular weight is 832 g/mol. The Morgan fingerprint density at radius 1 is 0.127 bits per heavy atom. The predicted octanol–water partition coefficient (Wildman–Crippen LogP) is 17.1. The summed E-state index contributed by atoms with van der Waals surface area (Å²) in [6, 6.07) is 0. The zero-order valence-electron chi connectivity index (χ0n) is 36.6. The lowest BCUT2D eigenvalue weighted by atomic mass is 10.3. The lowest BCUT2D eigenvalue weighted by Gasteiger charge is -2.69. The van der Waals surface area contributed by atoms with Gasteiger partial charge in [0.25, 0.3) is 0 Å². The van der Waals surface area contributed by atoms with Gasteiger partial charge in [0.1, 0.15) is 0 Å². The van der Waals surface area contributed by atoms with Gasteiger partial charge in [-0.05, 0) is 55.4 Å². The van der Waals surface area contributed by atoms with Gasteiger partial charge < -0.3 is 0 Å². The molecule has 11 aliphatic rings. The van der Waals surface area contributed by atoms with Crippen molar-refractivity contribution in [2.45, 2.75) is 312 Å². The quantitative estimate of drug-likeness (QED) is 0.192. The topological polar surface area (TPSA) is 0 Å². The average Bonchev–Trinajstić information content (AvgIpc) is 4.10. The SMILES string of the molecule is C1CCC([Si]2(C3CCCC3)[Si](C3CCCC3)(C3CCCC3)[Si](C3CCCC3)(C3CCCC3)[Si](C3CCCC3)(C3CCCC3)[Si]2(C2CCCC2)C2CCCC2)C1. The van der Waals surface area contributed by atoms with E-state index in [9.17, 15) is 0 Å². The maximum atomic E-state index is 1.85. The molecule has 10 saturated carbocycles. The first-order valence-electron chi connectivity index (χ1n) is 27.3. The van der Waals surface area contributed by atoms with Gasteiger partial charge in [-0.15, -0.1) is 0 Å². The Kier molecular flexibility index (Phi) is 11.2. The van der Waals surface area contributed by atoms with Crippen molar-refractivity contribution in [3.63, 3.8) is 0 Å². The Morgan fingerprint density at radius 3 is 0.273 bits per heavy atom. The van der Waals surface area contributed by atoms with E-state index in [1.54, 1.807) is 128 Å². The monoisotopic (exact) mass is 831 g/mol. The van der Waals surface area contributed by atoms with Crippen LogP contribution in [-0.2, 0) is 0 Å². The van der Waals surface area contributed by atoms with Crippen LogP contribution in [0.15, 0.2) is 0 Å². The maximum absolute atomic E-state index is 1.85. The minimum atomic E-state index is -1.73. The predicted molar refractivity (Wildman–Crippen MR) is 251 cm³/mol. The van der Waals surface area contributed by atoms with E-state index in [1.165, 1.54) is 55.4 Å². The van der Waals surface area contributed by atoms with Crippen LogP contribution < -0.4 is 0 Å². The van der Waals surface area contributed by atoms with Crippen LogP contribution in [-0.4, -0.2) is 35.5 Å². The molecule has 1 saturated heterocycles. The molecule has 0 nitrogen and oxygen atoms in total. The molecular formula is C50H90Si5. The number of rotatable bonds is 10. The van der Waals surface area contributed by atoms with Crippen LogP contribution in [0.1, 0.15) is 257 Å². The molecule has 11 fully saturated rings. The summed E-state index contributed by atoms with van der Waals surface area (Å²) in [5.41, 5.74) is 14.1. The minimum Gasteiger partial charge on any atom is -0.0533 e. The molecule has 1 aliphatic heterocycles. The molecule has 0 spiro atoms. The van der Waals surface area contributed by atoms with Gasteiger partial charge in [0.15, 0.2) is 0 Å². The van der Waals surface area contributed by atoms with Crippen molar-refractivity contribution in [2.75, 3.05) is 0 Å². The first kappa shape index (κ1) is 39.0. The molecule has 55 heavy (non-hydrogen) atoms. The molecule has 5 heteroatoms. The van der Waals surface area contributed by atoms with Crippen LogP contribution in [0.2, 0.25) is 55.4 Å². The van der Waals surface area contributed by atoms with E-state index < -0.39 is 35.5 Å². The molecular weight excluding hydrogens is 741 g/mol. The summed E-state index contributed by atoms with van der Waals surface area (Å²) in [7, 11) is -8.63. The molecule has 310 valence electrons. The van der Waals surface area contributed by atoms with Crippen LogP contribution in [0.25, 0.3) is 0 Å². The Morgan fingerprint density at radius 2 is 0.200 bits per heavy atom. The second-order valence-electron chi connectivity index (χ2n) is 24.2. The van der Waals surface area contributed by atoms with Crippen molar-refractivity contribution in [1.29, 1.82) is 0 Å². The second kappa shape index (κ2) is 15.8. The summed E-state index contributed by atoms with van der Waals surface area (Å²) < 4.78 is 0. The molecule has 0 aromatic rings. The lowest BCUT2D eigenvalue weighted by Crippen LogP contribution is -2.85. The number of hydrogen-bond acceptors (Lipinski definition) is 0. The van der Waals surface area contributed by atoms with E-state index in [0.717, 1.165) is 0 Å². The van der Waals surface area contributed by atoms with Crippen molar-refractivity contribution < 1.29 is 0 Å². The van der Waals surface area contributed by atoms with Crippen molar-refractivity contribution in [2.24, 2.45) is 0 Å². The first-order valence-corrected chi connectivity index (χ1v) is 43.1. The molecule has 10 aliphatic carbocycles. The summed E-state index contributed by atoms with van der Waals surface area (Å²) in [5.74, 6) is 0. The third-order valence-corrected chi connectivity index (χ3v) is 142. The number of hydrogen-bond donors (Lipinski definition) is 0. The molecule has 0 unspecified atom stereocenters. The van der Waals surface area contributed by atoms with Crippen LogP contribution in [0.4, 0.5) is 0 Å². The van der Waals surface area contributed by atoms with E-state index in [0.29, 0.717) is 0 Å². The molecule has 0 aromatic heterocycles. The van der Waals surface area contributed by atoms with Crippen molar-refractivity contribution in [1.82, 2.24) is 0 Å². The molecule has 0 aromatic carbocycles. The Balaban J connectivity index is 1.41. The second-order valence-corrected chi connectivity index (χ2v) is 73.3. The Labute approximate surface area is 345 Å². The lowest BCUT2D eigenvalue weighted by molar-refractivity contribution is 0.714. The molecule has 0 radical (unpaired) electrons. The van der Waals surface area contributed by atoms with Gasteiger partial charge in [0, 0.05) is 35.5 Å². The highest BCUT2D eigenvalue weighted by Crippen LogP contribution is 2.86. The fraction of sp³-hybridized carbons (Fsp3) is 1.00. The fourth-order valence-corrected chi connectivity index (χ4v) is 266. The molecule has 0 N–H and O–H groups in total. The van der Waals surface area contributed by atoms with E-state index >= 15 is 0 Å². The summed E-state index contributed by atoms with van der Waals surface area (Å²) in [4.78, 5) is 0. The van der Waals surface area contributed by atoms with Crippen LogP contribution in [0, 0.1) is 0 Å². The van der Waals surface area contributed by atoms with Gasteiger partial charge in [0.05, 0.1) is 0 Å². The minimum absolute atomic E-state index is 1.41. The summed E-state index contributed by atoms with van der Waals surface area (Å²) >= 11 is 0. The smallest absolute Gasteiger partial charge is 0.0448 e. The van der Waals surface area contributed by atoms with Crippen LogP contribution >= 0.6 is 0 Å². The molecule has 11 rings (SSSR count). The van der Waals surface area contributed by atoms with Crippen molar-refractivity contribution in [3.05, 3.63) is 0 Å². The summed E-state index contributed by atoms with van der Waals surface area (Å²) in [6.07, 6.45) is 71.4. The third-order valence-electron chi connectivity index (χ3n) is 23.4. The molecule has 0 atom stereocenters.